The summed E-state index contributed by atoms with van der Waals surface area (Å²) in [6.45, 7) is 4.82. The Balaban J connectivity index is 1.84. The summed E-state index contributed by atoms with van der Waals surface area (Å²) < 4.78 is 1.90. The first kappa shape index (κ1) is 13.1. The first-order valence-electron chi connectivity index (χ1n) is 7.23. The van der Waals surface area contributed by atoms with Crippen LogP contribution in [-0.2, 0) is 26.4 Å². The van der Waals surface area contributed by atoms with Crippen LogP contribution in [0.1, 0.15) is 41.2 Å². The molecule has 5 nitrogen and oxygen atoms in total. The highest BCUT2D eigenvalue weighted by molar-refractivity contribution is 5.48. The molecule has 0 radical (unpaired) electrons. The van der Waals surface area contributed by atoms with Crippen LogP contribution < -0.4 is 5.32 Å². The standard InChI is InChI=1S/C15H21N5/c1-10-12(9-17-20(10)3)8-16-15-13-6-4-5-7-14(13)18-11(2)19-15/h9H,4-8H2,1-3H3,(H,16,18,19). The van der Waals surface area contributed by atoms with Gasteiger partial charge in [-0.25, -0.2) is 9.97 Å². The number of anilines is 1. The summed E-state index contributed by atoms with van der Waals surface area (Å²) in [6, 6.07) is 0. The molecule has 0 spiro atoms. The molecule has 0 bridgehead atoms. The van der Waals surface area contributed by atoms with Crippen LogP contribution in [0.5, 0.6) is 0 Å². The molecule has 1 N–H and O–H groups in total. The van der Waals surface area contributed by atoms with E-state index in [0.717, 1.165) is 31.0 Å². The Kier molecular flexibility index (Phi) is 3.42. The largest absolute Gasteiger partial charge is 0.366 e. The van der Waals surface area contributed by atoms with Crippen molar-refractivity contribution in [3.8, 4) is 0 Å². The quantitative estimate of drug-likeness (QED) is 0.930. The van der Waals surface area contributed by atoms with Crippen LogP contribution in [0.3, 0.4) is 0 Å². The number of nitrogens with zero attached hydrogens (tertiary/aromatic N) is 4. The molecule has 1 aliphatic carbocycles. The molecular formula is C15H21N5. The summed E-state index contributed by atoms with van der Waals surface area (Å²) in [6.07, 6.45) is 6.57. The van der Waals surface area contributed by atoms with Crippen LogP contribution in [0.25, 0.3) is 0 Å². The summed E-state index contributed by atoms with van der Waals surface area (Å²) >= 11 is 0. The van der Waals surface area contributed by atoms with E-state index in [4.69, 9.17) is 0 Å². The van der Waals surface area contributed by atoms with Crippen molar-refractivity contribution in [1.29, 1.82) is 0 Å². The van der Waals surface area contributed by atoms with Crippen LogP contribution in [-0.4, -0.2) is 19.7 Å². The highest BCUT2D eigenvalue weighted by atomic mass is 15.3. The molecule has 2 heterocycles. The summed E-state index contributed by atoms with van der Waals surface area (Å²) in [5.41, 5.74) is 4.95. The topological polar surface area (TPSA) is 55.6 Å². The summed E-state index contributed by atoms with van der Waals surface area (Å²) in [5.74, 6) is 1.87. The lowest BCUT2D eigenvalue weighted by Crippen LogP contribution is -2.14. The maximum Gasteiger partial charge on any atom is 0.133 e. The van der Waals surface area contributed by atoms with Crippen molar-refractivity contribution in [2.75, 3.05) is 5.32 Å². The summed E-state index contributed by atoms with van der Waals surface area (Å²) in [7, 11) is 1.97. The Morgan fingerprint density at radius 2 is 2.00 bits per heavy atom. The predicted molar refractivity (Wildman–Crippen MR) is 78.7 cm³/mol. The highest BCUT2D eigenvalue weighted by Gasteiger charge is 2.17. The molecule has 2 aromatic rings. The third kappa shape index (κ3) is 2.40. The molecule has 2 aromatic heterocycles. The van der Waals surface area contributed by atoms with Gasteiger partial charge in [-0.15, -0.1) is 0 Å². The van der Waals surface area contributed by atoms with Gasteiger partial charge in [0.05, 0.1) is 6.20 Å². The van der Waals surface area contributed by atoms with Crippen LogP contribution in [0.2, 0.25) is 0 Å². The molecule has 0 atom stereocenters. The average molecular weight is 271 g/mol. The fraction of sp³-hybridized carbons (Fsp3) is 0.533. The van der Waals surface area contributed by atoms with Gasteiger partial charge in [0.15, 0.2) is 0 Å². The van der Waals surface area contributed by atoms with Gasteiger partial charge in [-0.05, 0) is 39.5 Å². The Morgan fingerprint density at radius 3 is 2.75 bits per heavy atom. The third-order valence-electron chi connectivity index (χ3n) is 4.08. The molecular weight excluding hydrogens is 250 g/mol. The number of hydrogen-bond acceptors (Lipinski definition) is 4. The monoisotopic (exact) mass is 271 g/mol. The minimum atomic E-state index is 0.766. The summed E-state index contributed by atoms with van der Waals surface area (Å²) in [5, 5.41) is 7.76. The maximum absolute atomic E-state index is 4.59. The molecule has 5 heteroatoms. The maximum atomic E-state index is 4.59. The van der Waals surface area contributed by atoms with Gasteiger partial charge in [-0.1, -0.05) is 0 Å². The molecule has 0 saturated carbocycles. The second-order valence-electron chi connectivity index (χ2n) is 5.48. The van der Waals surface area contributed by atoms with Gasteiger partial charge in [0, 0.05) is 36.1 Å². The van der Waals surface area contributed by atoms with Gasteiger partial charge in [0.25, 0.3) is 0 Å². The molecule has 0 unspecified atom stereocenters. The van der Waals surface area contributed by atoms with Crippen molar-refractivity contribution in [3.63, 3.8) is 0 Å². The predicted octanol–water partition coefficient (Wildman–Crippen LogP) is 2.32. The molecule has 0 aliphatic heterocycles. The van der Waals surface area contributed by atoms with Gasteiger partial charge in [0.2, 0.25) is 0 Å². The number of fused-ring (bicyclic) bond motifs is 1. The number of hydrogen-bond donors (Lipinski definition) is 1. The van der Waals surface area contributed by atoms with Crippen LogP contribution >= 0.6 is 0 Å². The first-order chi connectivity index (χ1) is 9.65. The number of aryl methyl sites for hydroxylation is 3. The lowest BCUT2D eigenvalue weighted by atomic mass is 9.96. The molecule has 0 saturated heterocycles. The van der Waals surface area contributed by atoms with E-state index >= 15 is 0 Å². The Bertz CT molecular complexity index is 629. The van der Waals surface area contributed by atoms with E-state index in [1.165, 1.54) is 35.4 Å². The SMILES string of the molecule is Cc1nc2c(c(NCc3cnn(C)c3C)n1)CCCC2. The second kappa shape index (κ2) is 5.23. The Labute approximate surface area is 119 Å². The number of aromatic nitrogens is 4. The Hall–Kier alpha value is -1.91. The molecule has 20 heavy (non-hydrogen) atoms. The lowest BCUT2D eigenvalue weighted by Gasteiger charge is -2.19. The van der Waals surface area contributed by atoms with E-state index < -0.39 is 0 Å². The zero-order valence-corrected chi connectivity index (χ0v) is 12.4. The molecule has 106 valence electrons. The molecule has 3 rings (SSSR count). The molecule has 0 fully saturated rings. The van der Waals surface area contributed by atoms with Crippen LogP contribution in [0.4, 0.5) is 5.82 Å². The van der Waals surface area contributed by atoms with E-state index in [0.29, 0.717) is 0 Å². The molecule has 1 aliphatic rings. The van der Waals surface area contributed by atoms with Crippen molar-refractivity contribution in [3.05, 3.63) is 34.5 Å². The second-order valence-corrected chi connectivity index (χ2v) is 5.48. The third-order valence-corrected chi connectivity index (χ3v) is 4.08. The van der Waals surface area contributed by atoms with Crippen molar-refractivity contribution in [2.24, 2.45) is 7.05 Å². The van der Waals surface area contributed by atoms with Gasteiger partial charge in [0.1, 0.15) is 11.6 Å². The minimum Gasteiger partial charge on any atom is -0.366 e. The Morgan fingerprint density at radius 1 is 1.20 bits per heavy atom. The van der Waals surface area contributed by atoms with E-state index in [-0.39, 0.29) is 0 Å². The number of rotatable bonds is 3. The van der Waals surface area contributed by atoms with Crippen LogP contribution in [0.15, 0.2) is 6.20 Å². The van der Waals surface area contributed by atoms with Crippen molar-refractivity contribution in [1.82, 2.24) is 19.7 Å². The van der Waals surface area contributed by atoms with Gasteiger partial charge < -0.3 is 5.32 Å². The smallest absolute Gasteiger partial charge is 0.133 e. The van der Waals surface area contributed by atoms with E-state index in [9.17, 15) is 0 Å². The minimum absolute atomic E-state index is 0.766. The molecule has 0 aromatic carbocycles. The van der Waals surface area contributed by atoms with Gasteiger partial charge in [-0.2, -0.15) is 5.10 Å². The zero-order chi connectivity index (χ0) is 14.1. The zero-order valence-electron chi connectivity index (χ0n) is 12.4. The average Bonchev–Trinajstić information content (AvgIpc) is 2.76. The van der Waals surface area contributed by atoms with Gasteiger partial charge in [-0.3, -0.25) is 4.68 Å². The van der Waals surface area contributed by atoms with E-state index in [1.807, 2.05) is 24.9 Å². The van der Waals surface area contributed by atoms with Crippen molar-refractivity contribution in [2.45, 2.75) is 46.1 Å². The summed E-state index contributed by atoms with van der Waals surface area (Å²) in [4.78, 5) is 9.17. The normalized spacial score (nSPS) is 14.2. The molecule has 0 amide bonds. The highest BCUT2D eigenvalue weighted by Crippen LogP contribution is 2.25. The fourth-order valence-electron chi connectivity index (χ4n) is 2.76. The van der Waals surface area contributed by atoms with E-state index in [2.05, 4.69) is 27.3 Å². The lowest BCUT2D eigenvalue weighted by molar-refractivity contribution is 0.659. The number of nitrogens with one attached hydrogen (secondary N) is 1. The van der Waals surface area contributed by atoms with Crippen LogP contribution in [0, 0.1) is 13.8 Å². The van der Waals surface area contributed by atoms with Gasteiger partial charge >= 0.3 is 0 Å². The first-order valence-corrected chi connectivity index (χ1v) is 7.23. The van der Waals surface area contributed by atoms with Crippen molar-refractivity contribution >= 4 is 5.82 Å². The van der Waals surface area contributed by atoms with E-state index in [1.54, 1.807) is 0 Å². The van der Waals surface area contributed by atoms with Crippen molar-refractivity contribution < 1.29 is 0 Å². The fourth-order valence-corrected chi connectivity index (χ4v) is 2.76.